The molecule has 6 nitrogen and oxygen atoms in total. The van der Waals surface area contributed by atoms with Gasteiger partial charge in [0.15, 0.2) is 0 Å². The largest absolute Gasteiger partial charge is 0.355 e. The van der Waals surface area contributed by atoms with Crippen LogP contribution in [0.1, 0.15) is 23.7 Å². The second-order valence-corrected chi connectivity index (χ2v) is 6.12. The van der Waals surface area contributed by atoms with Gasteiger partial charge in [0.25, 0.3) is 5.91 Å². The molecular formula is C16H23N3O3S. The Bertz CT molecular complexity index is 561. The van der Waals surface area contributed by atoms with Crippen molar-refractivity contribution in [2.24, 2.45) is 0 Å². The number of carbonyl (C=O) groups is 3. The van der Waals surface area contributed by atoms with Crippen molar-refractivity contribution in [2.45, 2.75) is 18.2 Å². The zero-order valence-corrected chi connectivity index (χ0v) is 14.5. The van der Waals surface area contributed by atoms with Crippen LogP contribution in [-0.2, 0) is 9.59 Å². The molecule has 0 spiro atoms. The van der Waals surface area contributed by atoms with Crippen molar-refractivity contribution in [1.29, 1.82) is 0 Å². The fraction of sp³-hybridized carbons (Fsp3) is 0.438. The topological polar surface area (TPSA) is 78.5 Å². The van der Waals surface area contributed by atoms with Gasteiger partial charge in [0.1, 0.15) is 0 Å². The van der Waals surface area contributed by atoms with Crippen LogP contribution in [-0.4, -0.2) is 55.6 Å². The highest BCUT2D eigenvalue weighted by Crippen LogP contribution is 2.22. The van der Waals surface area contributed by atoms with Crippen LogP contribution >= 0.6 is 11.8 Å². The van der Waals surface area contributed by atoms with Crippen LogP contribution in [0.15, 0.2) is 29.2 Å². The van der Waals surface area contributed by atoms with Gasteiger partial charge in [0, 0.05) is 25.5 Å². The number of rotatable bonds is 8. The Labute approximate surface area is 141 Å². The first kappa shape index (κ1) is 19.0. The van der Waals surface area contributed by atoms with Crippen LogP contribution in [0.5, 0.6) is 0 Å². The second kappa shape index (κ2) is 9.89. The highest BCUT2D eigenvalue weighted by atomic mass is 32.2. The molecule has 0 saturated heterocycles. The van der Waals surface area contributed by atoms with Gasteiger partial charge < -0.3 is 15.5 Å². The molecule has 0 aromatic heterocycles. The Hall–Kier alpha value is -2.02. The van der Waals surface area contributed by atoms with Crippen LogP contribution in [0.25, 0.3) is 0 Å². The minimum atomic E-state index is -0.322. The van der Waals surface area contributed by atoms with Crippen molar-refractivity contribution in [3.05, 3.63) is 29.8 Å². The summed E-state index contributed by atoms with van der Waals surface area (Å²) in [5, 5.41) is 5.30. The summed E-state index contributed by atoms with van der Waals surface area (Å²) in [7, 11) is 3.38. The first-order valence-corrected chi connectivity index (χ1v) is 8.41. The Morgan fingerprint density at radius 3 is 2.48 bits per heavy atom. The summed E-state index contributed by atoms with van der Waals surface area (Å²) in [4.78, 5) is 37.6. The van der Waals surface area contributed by atoms with E-state index in [9.17, 15) is 14.4 Å². The molecule has 0 aliphatic carbocycles. The molecule has 2 N–H and O–H groups in total. The third kappa shape index (κ3) is 6.73. The van der Waals surface area contributed by atoms with E-state index in [2.05, 4.69) is 10.6 Å². The molecule has 23 heavy (non-hydrogen) atoms. The molecule has 0 radical (unpaired) electrons. The fourth-order valence-electron chi connectivity index (χ4n) is 1.63. The van der Waals surface area contributed by atoms with Gasteiger partial charge in [-0.2, -0.15) is 0 Å². The van der Waals surface area contributed by atoms with Crippen LogP contribution in [0.4, 0.5) is 0 Å². The zero-order chi connectivity index (χ0) is 17.2. The van der Waals surface area contributed by atoms with Gasteiger partial charge in [-0.3, -0.25) is 14.4 Å². The lowest BCUT2D eigenvalue weighted by molar-refractivity contribution is -0.125. The normalized spacial score (nSPS) is 10.0. The van der Waals surface area contributed by atoms with Crippen molar-refractivity contribution in [2.75, 3.05) is 32.9 Å². The van der Waals surface area contributed by atoms with E-state index in [4.69, 9.17) is 0 Å². The van der Waals surface area contributed by atoms with E-state index in [1.165, 1.54) is 16.7 Å². The molecule has 0 heterocycles. The maximum absolute atomic E-state index is 12.2. The van der Waals surface area contributed by atoms with Gasteiger partial charge in [0.2, 0.25) is 11.8 Å². The highest BCUT2D eigenvalue weighted by Gasteiger charge is 2.14. The minimum absolute atomic E-state index is 0.0239. The van der Waals surface area contributed by atoms with E-state index >= 15 is 0 Å². The maximum atomic E-state index is 12.2. The predicted octanol–water partition coefficient (Wildman–Crippen LogP) is 1.12. The van der Waals surface area contributed by atoms with Crippen molar-refractivity contribution in [3.63, 3.8) is 0 Å². The minimum Gasteiger partial charge on any atom is -0.355 e. The fourth-order valence-corrected chi connectivity index (χ4v) is 2.66. The number of amides is 3. The molecule has 0 unspecified atom stereocenters. The van der Waals surface area contributed by atoms with Crippen molar-refractivity contribution in [1.82, 2.24) is 15.5 Å². The molecule has 3 amide bonds. The molecule has 1 rings (SSSR count). The van der Waals surface area contributed by atoms with Gasteiger partial charge >= 0.3 is 0 Å². The SMILES string of the molecule is CCCNC(=O)CNC(=O)c1ccccc1SCC(=O)N(C)C. The van der Waals surface area contributed by atoms with Gasteiger partial charge in [-0.15, -0.1) is 11.8 Å². The maximum Gasteiger partial charge on any atom is 0.252 e. The molecule has 7 heteroatoms. The van der Waals surface area contributed by atoms with Crippen molar-refractivity contribution >= 4 is 29.5 Å². The van der Waals surface area contributed by atoms with Gasteiger partial charge in [0.05, 0.1) is 17.9 Å². The summed E-state index contributed by atoms with van der Waals surface area (Å²) >= 11 is 1.31. The standard InChI is InChI=1S/C16H23N3O3S/c1-4-9-17-14(20)10-18-16(22)12-7-5-6-8-13(12)23-11-15(21)19(2)3/h5-8H,4,9-11H2,1-3H3,(H,17,20)(H,18,22). The third-order valence-corrected chi connectivity index (χ3v) is 4.02. The summed E-state index contributed by atoms with van der Waals surface area (Å²) in [6.07, 6.45) is 0.846. The Morgan fingerprint density at radius 1 is 1.13 bits per heavy atom. The van der Waals surface area contributed by atoms with E-state index in [1.807, 2.05) is 13.0 Å². The Morgan fingerprint density at radius 2 is 1.83 bits per heavy atom. The first-order chi connectivity index (χ1) is 11.0. The van der Waals surface area contributed by atoms with E-state index in [-0.39, 0.29) is 30.0 Å². The van der Waals surface area contributed by atoms with Crippen LogP contribution in [0.2, 0.25) is 0 Å². The average molecular weight is 337 g/mol. The lowest BCUT2D eigenvalue weighted by Crippen LogP contribution is -2.37. The third-order valence-electron chi connectivity index (χ3n) is 2.96. The molecule has 1 aromatic rings. The number of hydrogen-bond acceptors (Lipinski definition) is 4. The number of hydrogen-bond donors (Lipinski definition) is 2. The molecule has 126 valence electrons. The number of nitrogens with zero attached hydrogens (tertiary/aromatic N) is 1. The quantitative estimate of drug-likeness (QED) is 0.697. The first-order valence-electron chi connectivity index (χ1n) is 7.42. The lowest BCUT2D eigenvalue weighted by Gasteiger charge is -2.12. The summed E-state index contributed by atoms with van der Waals surface area (Å²) < 4.78 is 0. The van der Waals surface area contributed by atoms with Crippen LogP contribution in [0, 0.1) is 0 Å². The highest BCUT2D eigenvalue weighted by molar-refractivity contribution is 8.00. The average Bonchev–Trinajstić information content (AvgIpc) is 2.55. The zero-order valence-electron chi connectivity index (χ0n) is 13.7. The molecule has 0 bridgehead atoms. The molecule has 0 atom stereocenters. The van der Waals surface area contributed by atoms with Gasteiger partial charge in [-0.05, 0) is 18.6 Å². The summed E-state index contributed by atoms with van der Waals surface area (Å²) in [5.74, 6) is -0.303. The van der Waals surface area contributed by atoms with Crippen molar-refractivity contribution in [3.8, 4) is 0 Å². The summed E-state index contributed by atoms with van der Waals surface area (Å²) in [6, 6.07) is 7.04. The Kier molecular flexibility index (Phi) is 8.18. The van der Waals surface area contributed by atoms with Crippen LogP contribution < -0.4 is 10.6 Å². The summed E-state index contributed by atoms with van der Waals surface area (Å²) in [5.41, 5.74) is 0.465. The van der Waals surface area contributed by atoms with E-state index < -0.39 is 0 Å². The number of carbonyl (C=O) groups excluding carboxylic acids is 3. The second-order valence-electron chi connectivity index (χ2n) is 5.11. The monoisotopic (exact) mass is 337 g/mol. The Balaban J connectivity index is 2.63. The predicted molar refractivity (Wildman–Crippen MR) is 91.5 cm³/mol. The summed E-state index contributed by atoms with van der Waals surface area (Å²) in [6.45, 7) is 2.49. The lowest BCUT2D eigenvalue weighted by atomic mass is 10.2. The molecule has 0 fully saturated rings. The van der Waals surface area contributed by atoms with Gasteiger partial charge in [-0.1, -0.05) is 19.1 Å². The molecule has 0 aliphatic heterocycles. The van der Waals surface area contributed by atoms with Gasteiger partial charge in [-0.25, -0.2) is 0 Å². The molecule has 1 aromatic carbocycles. The van der Waals surface area contributed by atoms with E-state index in [1.54, 1.807) is 32.3 Å². The van der Waals surface area contributed by atoms with E-state index in [0.717, 1.165) is 6.42 Å². The smallest absolute Gasteiger partial charge is 0.252 e. The molecule has 0 aliphatic rings. The van der Waals surface area contributed by atoms with Crippen molar-refractivity contribution < 1.29 is 14.4 Å². The number of benzene rings is 1. The number of nitrogens with one attached hydrogen (secondary N) is 2. The molecular weight excluding hydrogens is 314 g/mol. The molecule has 0 saturated carbocycles. The van der Waals surface area contributed by atoms with E-state index in [0.29, 0.717) is 17.0 Å². The van der Waals surface area contributed by atoms with Crippen LogP contribution in [0.3, 0.4) is 0 Å². The number of thioether (sulfide) groups is 1.